The first-order valence-electron chi connectivity index (χ1n) is 11.0. The number of fused-ring (bicyclic) bond motifs is 1. The van der Waals surface area contributed by atoms with E-state index in [1.54, 1.807) is 6.20 Å². The summed E-state index contributed by atoms with van der Waals surface area (Å²) in [6, 6.07) is 16.5. The first kappa shape index (κ1) is 22.1. The van der Waals surface area contributed by atoms with E-state index in [1.807, 2.05) is 37.0 Å². The van der Waals surface area contributed by atoms with Gasteiger partial charge in [-0.05, 0) is 50.2 Å². The van der Waals surface area contributed by atoms with Gasteiger partial charge in [0.05, 0.1) is 12.6 Å². The predicted molar refractivity (Wildman–Crippen MR) is 128 cm³/mol. The number of imidazole rings is 1. The standard InChI is InChI=1S/C26H32N4O2/c1-19-20(2)30(25-8-6-5-7-24(19)25)17-22(31)16-28(3)15-21-9-11-23(12-10-21)32-18-26-27-13-14-29(26)4/h5-14,22,31H,15-18H2,1-4H3/t22-/m0/s1. The van der Waals surface area contributed by atoms with Gasteiger partial charge in [-0.15, -0.1) is 0 Å². The molecule has 0 saturated heterocycles. The Morgan fingerprint density at radius 2 is 1.84 bits per heavy atom. The van der Waals surface area contributed by atoms with Gasteiger partial charge < -0.3 is 19.0 Å². The molecule has 0 saturated carbocycles. The largest absolute Gasteiger partial charge is 0.486 e. The molecule has 2 aromatic heterocycles. The highest BCUT2D eigenvalue weighted by atomic mass is 16.5. The second-order valence-corrected chi connectivity index (χ2v) is 8.58. The van der Waals surface area contributed by atoms with E-state index in [4.69, 9.17) is 4.74 Å². The molecule has 1 atom stereocenters. The number of rotatable bonds is 9. The van der Waals surface area contributed by atoms with Gasteiger partial charge in [0.1, 0.15) is 18.2 Å². The molecule has 0 spiro atoms. The highest BCUT2D eigenvalue weighted by molar-refractivity contribution is 5.85. The van der Waals surface area contributed by atoms with Crippen molar-refractivity contribution in [2.24, 2.45) is 7.05 Å². The van der Waals surface area contributed by atoms with E-state index in [1.165, 1.54) is 27.7 Å². The number of para-hydroxylation sites is 1. The Bertz CT molecular complexity index is 1180. The highest BCUT2D eigenvalue weighted by Gasteiger charge is 2.15. The first-order valence-corrected chi connectivity index (χ1v) is 11.0. The van der Waals surface area contributed by atoms with Gasteiger partial charge in [-0.1, -0.05) is 30.3 Å². The van der Waals surface area contributed by atoms with Crippen LogP contribution in [0.5, 0.6) is 5.75 Å². The molecule has 4 aromatic rings. The SMILES string of the molecule is Cc1c(C)n(C[C@@H](O)CN(C)Cc2ccc(OCc3nccn3C)cc2)c2ccccc12. The van der Waals surface area contributed by atoms with Crippen LogP contribution in [-0.2, 0) is 26.7 Å². The molecule has 2 heterocycles. The van der Waals surface area contributed by atoms with E-state index in [0.29, 0.717) is 19.7 Å². The van der Waals surface area contributed by atoms with Crippen LogP contribution in [0.2, 0.25) is 0 Å². The van der Waals surface area contributed by atoms with Gasteiger partial charge in [0.15, 0.2) is 0 Å². The number of likely N-dealkylation sites (N-methyl/N-ethyl adjacent to an activating group) is 1. The van der Waals surface area contributed by atoms with Crippen molar-refractivity contribution in [3.63, 3.8) is 0 Å². The zero-order valence-electron chi connectivity index (χ0n) is 19.3. The first-order chi connectivity index (χ1) is 15.4. The van der Waals surface area contributed by atoms with E-state index in [2.05, 4.69) is 64.7 Å². The summed E-state index contributed by atoms with van der Waals surface area (Å²) in [5, 5.41) is 12.0. The lowest BCUT2D eigenvalue weighted by atomic mass is 10.2. The number of hydrogen-bond acceptors (Lipinski definition) is 4. The van der Waals surface area contributed by atoms with Crippen molar-refractivity contribution < 1.29 is 9.84 Å². The topological polar surface area (TPSA) is 55.4 Å². The number of ether oxygens (including phenoxy) is 1. The molecule has 6 nitrogen and oxygen atoms in total. The Labute approximate surface area is 189 Å². The number of aliphatic hydroxyl groups excluding tert-OH is 1. The minimum absolute atomic E-state index is 0.446. The van der Waals surface area contributed by atoms with Crippen LogP contribution in [0.4, 0.5) is 0 Å². The molecule has 0 aliphatic heterocycles. The number of aryl methyl sites for hydroxylation is 2. The molecule has 0 aliphatic rings. The van der Waals surface area contributed by atoms with Crippen molar-refractivity contribution in [2.75, 3.05) is 13.6 Å². The lowest BCUT2D eigenvalue weighted by molar-refractivity contribution is 0.108. The Balaban J connectivity index is 1.31. The third kappa shape index (κ3) is 4.87. The molecule has 1 N–H and O–H groups in total. The van der Waals surface area contributed by atoms with E-state index >= 15 is 0 Å². The zero-order valence-corrected chi connectivity index (χ0v) is 19.3. The van der Waals surface area contributed by atoms with E-state index in [9.17, 15) is 5.11 Å². The average molecular weight is 433 g/mol. The second kappa shape index (κ2) is 9.59. The summed E-state index contributed by atoms with van der Waals surface area (Å²) >= 11 is 0. The Hall–Kier alpha value is -3.09. The molecule has 0 radical (unpaired) electrons. The summed E-state index contributed by atoms with van der Waals surface area (Å²) < 4.78 is 10.0. The number of hydrogen-bond donors (Lipinski definition) is 1. The summed E-state index contributed by atoms with van der Waals surface area (Å²) in [6.07, 6.45) is 3.23. The fourth-order valence-corrected chi connectivity index (χ4v) is 4.22. The molecule has 0 fully saturated rings. The monoisotopic (exact) mass is 432 g/mol. The molecule has 0 bridgehead atoms. The normalized spacial score (nSPS) is 12.6. The summed E-state index contributed by atoms with van der Waals surface area (Å²) in [5.74, 6) is 1.72. The van der Waals surface area contributed by atoms with Crippen molar-refractivity contribution in [1.29, 1.82) is 0 Å². The Morgan fingerprint density at radius 1 is 1.09 bits per heavy atom. The average Bonchev–Trinajstić information content (AvgIpc) is 3.29. The van der Waals surface area contributed by atoms with E-state index < -0.39 is 6.10 Å². The fraction of sp³-hybridized carbons (Fsp3) is 0.346. The summed E-state index contributed by atoms with van der Waals surface area (Å²) in [7, 11) is 4.00. The smallest absolute Gasteiger partial charge is 0.146 e. The summed E-state index contributed by atoms with van der Waals surface area (Å²) in [4.78, 5) is 6.43. The Kier molecular flexibility index (Phi) is 6.63. The molecular weight excluding hydrogens is 400 g/mol. The lowest BCUT2D eigenvalue weighted by Gasteiger charge is -2.22. The number of benzene rings is 2. The predicted octanol–water partition coefficient (Wildman–Crippen LogP) is 4.06. The number of aliphatic hydroxyl groups is 1. The zero-order chi connectivity index (χ0) is 22.7. The van der Waals surface area contributed by atoms with Gasteiger partial charge in [-0.2, -0.15) is 0 Å². The molecule has 6 heteroatoms. The molecule has 2 aromatic carbocycles. The van der Waals surface area contributed by atoms with Crippen LogP contribution >= 0.6 is 0 Å². The number of nitrogens with zero attached hydrogens (tertiary/aromatic N) is 4. The van der Waals surface area contributed by atoms with Crippen molar-refractivity contribution in [3.05, 3.63) is 83.6 Å². The Morgan fingerprint density at radius 3 is 2.56 bits per heavy atom. The third-order valence-electron chi connectivity index (χ3n) is 6.13. The van der Waals surface area contributed by atoms with E-state index in [0.717, 1.165) is 18.1 Å². The number of aromatic nitrogens is 3. The molecule has 168 valence electrons. The van der Waals surface area contributed by atoms with Gasteiger partial charge in [0, 0.05) is 49.1 Å². The fourth-order valence-electron chi connectivity index (χ4n) is 4.22. The van der Waals surface area contributed by atoms with Crippen LogP contribution in [0.3, 0.4) is 0 Å². The maximum Gasteiger partial charge on any atom is 0.146 e. The highest BCUT2D eigenvalue weighted by Crippen LogP contribution is 2.25. The van der Waals surface area contributed by atoms with Crippen LogP contribution in [0.25, 0.3) is 10.9 Å². The van der Waals surface area contributed by atoms with Gasteiger partial charge >= 0.3 is 0 Å². The van der Waals surface area contributed by atoms with Crippen LogP contribution in [-0.4, -0.2) is 43.8 Å². The van der Waals surface area contributed by atoms with Crippen molar-refractivity contribution in [3.8, 4) is 5.75 Å². The maximum absolute atomic E-state index is 10.8. The molecule has 0 unspecified atom stereocenters. The quantitative estimate of drug-likeness (QED) is 0.433. The lowest BCUT2D eigenvalue weighted by Crippen LogP contribution is -2.32. The second-order valence-electron chi connectivity index (χ2n) is 8.58. The van der Waals surface area contributed by atoms with Gasteiger partial charge in [-0.3, -0.25) is 4.90 Å². The van der Waals surface area contributed by atoms with E-state index in [-0.39, 0.29) is 0 Å². The minimum Gasteiger partial charge on any atom is -0.486 e. The van der Waals surface area contributed by atoms with Crippen LogP contribution in [0.15, 0.2) is 60.9 Å². The third-order valence-corrected chi connectivity index (χ3v) is 6.13. The van der Waals surface area contributed by atoms with Crippen LogP contribution in [0.1, 0.15) is 22.6 Å². The summed E-state index contributed by atoms with van der Waals surface area (Å²) in [6.45, 7) is 6.68. The minimum atomic E-state index is -0.450. The van der Waals surface area contributed by atoms with Crippen LogP contribution < -0.4 is 4.74 Å². The van der Waals surface area contributed by atoms with Gasteiger partial charge in [-0.25, -0.2) is 4.98 Å². The van der Waals surface area contributed by atoms with Gasteiger partial charge in [0.2, 0.25) is 0 Å². The van der Waals surface area contributed by atoms with Gasteiger partial charge in [0.25, 0.3) is 0 Å². The van der Waals surface area contributed by atoms with Crippen LogP contribution in [0, 0.1) is 13.8 Å². The van der Waals surface area contributed by atoms with Crippen molar-refractivity contribution in [1.82, 2.24) is 19.0 Å². The molecule has 4 rings (SSSR count). The molecular formula is C26H32N4O2. The van der Waals surface area contributed by atoms with Crippen molar-refractivity contribution >= 4 is 10.9 Å². The van der Waals surface area contributed by atoms with Crippen molar-refractivity contribution in [2.45, 2.75) is 39.6 Å². The molecule has 0 amide bonds. The molecule has 0 aliphatic carbocycles. The maximum atomic E-state index is 10.8. The molecule has 32 heavy (non-hydrogen) atoms. The summed E-state index contributed by atoms with van der Waals surface area (Å²) in [5.41, 5.74) is 4.87.